The summed E-state index contributed by atoms with van der Waals surface area (Å²) in [5.74, 6) is 0. The number of hydrogen-bond donors (Lipinski definition) is 1. The molecule has 0 atom stereocenters. The Labute approximate surface area is 122 Å². The molecule has 0 unspecified atom stereocenters. The fourth-order valence-electron chi connectivity index (χ4n) is 2.18. The maximum atomic E-state index is 6.18. The van der Waals surface area contributed by atoms with Gasteiger partial charge < -0.3 is 9.88 Å². The van der Waals surface area contributed by atoms with Gasteiger partial charge in [0.05, 0.1) is 22.6 Å². The van der Waals surface area contributed by atoms with Gasteiger partial charge in [-0.15, -0.1) is 0 Å². The van der Waals surface area contributed by atoms with E-state index in [1.807, 2.05) is 36.8 Å². The minimum atomic E-state index is 0.733. The number of anilines is 1. The van der Waals surface area contributed by atoms with Crippen molar-refractivity contribution in [2.75, 3.05) is 11.9 Å². The standard InChI is InChI=1S/C15H15ClN4/c16-13-4-5-14(15-12(13)3-1-6-19-15)18-7-2-9-20-10-8-17-11-20/h1,3-6,8,10-11,18H,2,7,9H2. The highest BCUT2D eigenvalue weighted by Crippen LogP contribution is 2.27. The van der Waals surface area contributed by atoms with E-state index in [0.717, 1.165) is 41.1 Å². The molecule has 3 rings (SSSR count). The number of rotatable bonds is 5. The maximum absolute atomic E-state index is 6.18. The average molecular weight is 287 g/mol. The fourth-order valence-corrected chi connectivity index (χ4v) is 2.40. The van der Waals surface area contributed by atoms with Crippen LogP contribution >= 0.6 is 11.6 Å². The molecule has 0 aliphatic carbocycles. The molecule has 1 N–H and O–H groups in total. The van der Waals surface area contributed by atoms with E-state index >= 15 is 0 Å². The second-order valence-electron chi connectivity index (χ2n) is 4.58. The Morgan fingerprint density at radius 1 is 1.20 bits per heavy atom. The molecule has 4 nitrogen and oxygen atoms in total. The number of nitrogens with zero attached hydrogens (tertiary/aromatic N) is 3. The first-order valence-corrected chi connectivity index (χ1v) is 6.95. The SMILES string of the molecule is Clc1ccc(NCCCn2ccnc2)c2ncccc12. The zero-order valence-electron chi connectivity index (χ0n) is 11.0. The third kappa shape index (κ3) is 2.75. The van der Waals surface area contributed by atoms with E-state index in [1.54, 1.807) is 12.4 Å². The summed E-state index contributed by atoms with van der Waals surface area (Å²) in [6.45, 7) is 1.83. The predicted molar refractivity (Wildman–Crippen MR) is 82.1 cm³/mol. The number of aryl methyl sites for hydroxylation is 1. The van der Waals surface area contributed by atoms with Gasteiger partial charge in [0.1, 0.15) is 0 Å². The largest absolute Gasteiger partial charge is 0.383 e. The van der Waals surface area contributed by atoms with Crippen molar-refractivity contribution in [3.63, 3.8) is 0 Å². The summed E-state index contributed by atoms with van der Waals surface area (Å²) in [5, 5.41) is 5.14. The van der Waals surface area contributed by atoms with Gasteiger partial charge in [-0.2, -0.15) is 0 Å². The normalized spacial score (nSPS) is 10.8. The smallest absolute Gasteiger partial charge is 0.0948 e. The minimum absolute atomic E-state index is 0.733. The van der Waals surface area contributed by atoms with Gasteiger partial charge in [-0.3, -0.25) is 4.98 Å². The summed E-state index contributed by atoms with van der Waals surface area (Å²) in [6, 6.07) is 7.77. The molecule has 3 aromatic rings. The molecule has 0 saturated carbocycles. The Hall–Kier alpha value is -2.07. The number of imidazole rings is 1. The van der Waals surface area contributed by atoms with Crippen LogP contribution in [0.5, 0.6) is 0 Å². The van der Waals surface area contributed by atoms with Crippen LogP contribution in [0.25, 0.3) is 10.9 Å². The molecule has 5 heteroatoms. The Balaban J connectivity index is 1.67. The molecule has 0 spiro atoms. The van der Waals surface area contributed by atoms with E-state index in [4.69, 9.17) is 11.6 Å². The van der Waals surface area contributed by atoms with E-state index in [9.17, 15) is 0 Å². The molecule has 0 bridgehead atoms. The molecule has 0 amide bonds. The highest BCUT2D eigenvalue weighted by Gasteiger charge is 2.04. The van der Waals surface area contributed by atoms with E-state index < -0.39 is 0 Å². The molecular weight excluding hydrogens is 272 g/mol. The monoisotopic (exact) mass is 286 g/mol. The number of aromatic nitrogens is 3. The Kier molecular flexibility index (Phi) is 3.83. The van der Waals surface area contributed by atoms with Crippen molar-refractivity contribution in [1.82, 2.24) is 14.5 Å². The molecule has 0 saturated heterocycles. The van der Waals surface area contributed by atoms with Crippen LogP contribution in [0, 0.1) is 0 Å². The van der Waals surface area contributed by atoms with Gasteiger partial charge in [-0.25, -0.2) is 4.98 Å². The van der Waals surface area contributed by atoms with Crippen molar-refractivity contribution in [3.8, 4) is 0 Å². The van der Waals surface area contributed by atoms with E-state index in [-0.39, 0.29) is 0 Å². The van der Waals surface area contributed by atoms with Crippen LogP contribution in [-0.4, -0.2) is 21.1 Å². The Morgan fingerprint density at radius 2 is 2.15 bits per heavy atom. The lowest BCUT2D eigenvalue weighted by atomic mass is 10.2. The summed E-state index contributed by atoms with van der Waals surface area (Å²) in [6.07, 6.45) is 8.41. The van der Waals surface area contributed by atoms with Gasteiger partial charge in [0.2, 0.25) is 0 Å². The van der Waals surface area contributed by atoms with Crippen molar-refractivity contribution in [2.45, 2.75) is 13.0 Å². The van der Waals surface area contributed by atoms with Gasteiger partial charge in [-0.05, 0) is 30.7 Å². The molecule has 2 aromatic heterocycles. The molecule has 1 aromatic carbocycles. The second-order valence-corrected chi connectivity index (χ2v) is 4.98. The molecule has 2 heterocycles. The van der Waals surface area contributed by atoms with Crippen LogP contribution in [0.4, 0.5) is 5.69 Å². The predicted octanol–water partition coefficient (Wildman–Crippen LogP) is 3.59. The van der Waals surface area contributed by atoms with Crippen molar-refractivity contribution in [3.05, 3.63) is 54.2 Å². The van der Waals surface area contributed by atoms with Gasteiger partial charge in [0.15, 0.2) is 0 Å². The molecule has 20 heavy (non-hydrogen) atoms. The topological polar surface area (TPSA) is 42.7 Å². The second kappa shape index (κ2) is 5.92. The number of hydrogen-bond acceptors (Lipinski definition) is 3. The van der Waals surface area contributed by atoms with Crippen LogP contribution in [0.2, 0.25) is 5.02 Å². The van der Waals surface area contributed by atoms with E-state index in [2.05, 4.69) is 19.9 Å². The van der Waals surface area contributed by atoms with Crippen LogP contribution in [0.3, 0.4) is 0 Å². The van der Waals surface area contributed by atoms with E-state index in [1.165, 1.54) is 0 Å². The maximum Gasteiger partial charge on any atom is 0.0948 e. The first kappa shape index (κ1) is 12.9. The lowest BCUT2D eigenvalue weighted by molar-refractivity contribution is 0.661. The third-order valence-corrected chi connectivity index (χ3v) is 3.51. The van der Waals surface area contributed by atoms with Gasteiger partial charge >= 0.3 is 0 Å². The summed E-state index contributed by atoms with van der Waals surface area (Å²) >= 11 is 6.18. The van der Waals surface area contributed by atoms with Crippen LogP contribution < -0.4 is 5.32 Å². The highest BCUT2D eigenvalue weighted by molar-refractivity contribution is 6.35. The zero-order chi connectivity index (χ0) is 13.8. The molecule has 0 aliphatic heterocycles. The van der Waals surface area contributed by atoms with Crippen LogP contribution in [0.15, 0.2) is 49.2 Å². The van der Waals surface area contributed by atoms with Crippen molar-refractivity contribution < 1.29 is 0 Å². The fraction of sp³-hybridized carbons (Fsp3) is 0.200. The number of fused-ring (bicyclic) bond motifs is 1. The first-order valence-electron chi connectivity index (χ1n) is 6.57. The summed E-state index contributed by atoms with van der Waals surface area (Å²) in [5.41, 5.74) is 1.94. The minimum Gasteiger partial charge on any atom is -0.383 e. The quantitative estimate of drug-likeness (QED) is 0.729. The molecule has 0 fully saturated rings. The molecule has 0 aliphatic rings. The van der Waals surface area contributed by atoms with Gasteiger partial charge in [0, 0.05) is 37.1 Å². The Bertz CT molecular complexity index is 694. The summed E-state index contributed by atoms with van der Waals surface area (Å²) in [4.78, 5) is 8.44. The zero-order valence-corrected chi connectivity index (χ0v) is 11.7. The van der Waals surface area contributed by atoms with Crippen molar-refractivity contribution in [2.24, 2.45) is 0 Å². The number of benzene rings is 1. The van der Waals surface area contributed by atoms with Crippen LogP contribution in [-0.2, 0) is 6.54 Å². The summed E-state index contributed by atoms with van der Waals surface area (Å²) < 4.78 is 2.07. The number of halogens is 1. The molecule has 102 valence electrons. The van der Waals surface area contributed by atoms with Crippen molar-refractivity contribution >= 4 is 28.2 Å². The van der Waals surface area contributed by atoms with Crippen molar-refractivity contribution in [1.29, 1.82) is 0 Å². The lowest BCUT2D eigenvalue weighted by Crippen LogP contribution is -2.06. The van der Waals surface area contributed by atoms with Gasteiger partial charge in [-0.1, -0.05) is 11.6 Å². The third-order valence-electron chi connectivity index (χ3n) is 3.18. The summed E-state index contributed by atoms with van der Waals surface area (Å²) in [7, 11) is 0. The van der Waals surface area contributed by atoms with Gasteiger partial charge in [0.25, 0.3) is 0 Å². The average Bonchev–Trinajstić information content (AvgIpc) is 2.99. The van der Waals surface area contributed by atoms with E-state index in [0.29, 0.717) is 0 Å². The molecular formula is C15H15ClN4. The Morgan fingerprint density at radius 3 is 3.00 bits per heavy atom. The first-order chi connectivity index (χ1) is 9.84. The number of pyridine rings is 1. The molecule has 0 radical (unpaired) electrons. The lowest BCUT2D eigenvalue weighted by Gasteiger charge is -2.10. The van der Waals surface area contributed by atoms with Crippen LogP contribution in [0.1, 0.15) is 6.42 Å². The highest BCUT2D eigenvalue weighted by atomic mass is 35.5. The number of nitrogens with one attached hydrogen (secondary N) is 1.